The molecule has 0 aliphatic heterocycles. The molecule has 1 amide bonds. The van der Waals surface area contributed by atoms with Gasteiger partial charge in [0.05, 0.1) is 20.5 Å². The fourth-order valence-corrected chi connectivity index (χ4v) is 2.70. The smallest absolute Gasteiger partial charge is 0.261 e. The van der Waals surface area contributed by atoms with Crippen LogP contribution in [0.1, 0.15) is 30.6 Å². The molecule has 1 aromatic rings. The highest BCUT2D eigenvalue weighted by atomic mass is 35.7. The van der Waals surface area contributed by atoms with E-state index in [-0.39, 0.29) is 20.5 Å². The van der Waals surface area contributed by atoms with Crippen LogP contribution in [0.2, 0.25) is 10.0 Å². The van der Waals surface area contributed by atoms with Crippen molar-refractivity contribution in [1.29, 1.82) is 0 Å². The van der Waals surface area contributed by atoms with Gasteiger partial charge in [0, 0.05) is 17.2 Å². The summed E-state index contributed by atoms with van der Waals surface area (Å²) in [5.41, 5.74) is -0.0119. The van der Waals surface area contributed by atoms with Gasteiger partial charge in [0.25, 0.3) is 15.0 Å². The predicted molar refractivity (Wildman–Crippen MR) is 81.3 cm³/mol. The average molecular weight is 359 g/mol. The maximum Gasteiger partial charge on any atom is 0.261 e. The molecule has 0 atom stereocenters. The molecule has 1 rings (SSSR count). The van der Waals surface area contributed by atoms with Crippen molar-refractivity contribution in [2.45, 2.75) is 25.2 Å². The Labute approximate surface area is 132 Å². The second kappa shape index (κ2) is 6.98. The highest BCUT2D eigenvalue weighted by molar-refractivity contribution is 8.13. The summed E-state index contributed by atoms with van der Waals surface area (Å²) in [7, 11) is 1.26. The summed E-state index contributed by atoms with van der Waals surface area (Å²) in [4.78, 5) is 11.7. The quantitative estimate of drug-likeness (QED) is 0.816. The SMILES string of the molecule is CC(C)CCNC(=O)c1cc(S(=O)(=O)Cl)cc(Cl)c1Cl. The minimum Gasteiger partial charge on any atom is -0.352 e. The van der Waals surface area contributed by atoms with Crippen LogP contribution in [0.25, 0.3) is 0 Å². The number of carbonyl (C=O) groups is 1. The standard InChI is InChI=1S/C12H14Cl3NO3S/c1-7(2)3-4-16-12(17)9-5-8(20(15,18)19)6-10(13)11(9)14/h5-7H,3-4H2,1-2H3,(H,16,17). The molecule has 0 heterocycles. The molecule has 0 bridgehead atoms. The van der Waals surface area contributed by atoms with E-state index in [0.29, 0.717) is 12.5 Å². The molecule has 0 aliphatic carbocycles. The molecular formula is C12H14Cl3NO3S. The van der Waals surface area contributed by atoms with Crippen molar-refractivity contribution in [2.75, 3.05) is 6.54 Å². The highest BCUT2D eigenvalue weighted by Crippen LogP contribution is 2.30. The number of benzene rings is 1. The lowest BCUT2D eigenvalue weighted by atomic mass is 10.1. The fourth-order valence-electron chi connectivity index (χ4n) is 1.44. The Balaban J connectivity index is 3.05. The van der Waals surface area contributed by atoms with Gasteiger partial charge < -0.3 is 5.32 Å². The number of hydrogen-bond donors (Lipinski definition) is 1. The van der Waals surface area contributed by atoms with E-state index in [0.717, 1.165) is 18.6 Å². The molecule has 0 unspecified atom stereocenters. The predicted octanol–water partition coefficient (Wildman–Crippen LogP) is 3.70. The second-order valence-electron chi connectivity index (χ2n) is 4.64. The van der Waals surface area contributed by atoms with Gasteiger partial charge in [0.2, 0.25) is 0 Å². The van der Waals surface area contributed by atoms with Gasteiger partial charge in [-0.3, -0.25) is 4.79 Å². The molecule has 0 radical (unpaired) electrons. The van der Waals surface area contributed by atoms with Crippen LogP contribution >= 0.6 is 33.9 Å². The van der Waals surface area contributed by atoms with E-state index >= 15 is 0 Å². The Morgan fingerprint density at radius 1 is 1.30 bits per heavy atom. The lowest BCUT2D eigenvalue weighted by Crippen LogP contribution is -2.25. The van der Waals surface area contributed by atoms with E-state index in [1.165, 1.54) is 0 Å². The van der Waals surface area contributed by atoms with Gasteiger partial charge in [-0.1, -0.05) is 37.0 Å². The normalized spacial score (nSPS) is 11.7. The van der Waals surface area contributed by atoms with Gasteiger partial charge in [0.15, 0.2) is 0 Å². The summed E-state index contributed by atoms with van der Waals surface area (Å²) in [6.45, 7) is 4.51. The summed E-state index contributed by atoms with van der Waals surface area (Å²) in [5, 5.41) is 2.62. The first-order valence-corrected chi connectivity index (χ1v) is 8.91. The molecule has 0 aromatic heterocycles. The number of nitrogens with one attached hydrogen (secondary N) is 1. The van der Waals surface area contributed by atoms with Gasteiger partial charge in [0.1, 0.15) is 0 Å². The van der Waals surface area contributed by atoms with Crippen molar-refractivity contribution in [3.63, 3.8) is 0 Å². The van der Waals surface area contributed by atoms with Crippen LogP contribution in [-0.4, -0.2) is 20.9 Å². The molecular weight excluding hydrogens is 345 g/mol. The Hall–Kier alpha value is -0.490. The third-order valence-electron chi connectivity index (χ3n) is 2.54. The minimum absolute atomic E-state index is 0.00206. The highest BCUT2D eigenvalue weighted by Gasteiger charge is 2.19. The number of amides is 1. The topological polar surface area (TPSA) is 63.2 Å². The zero-order valence-corrected chi connectivity index (χ0v) is 14.0. The van der Waals surface area contributed by atoms with E-state index in [1.54, 1.807) is 0 Å². The fraction of sp³-hybridized carbons (Fsp3) is 0.417. The average Bonchev–Trinajstić information content (AvgIpc) is 2.30. The van der Waals surface area contributed by atoms with E-state index in [1.807, 2.05) is 13.8 Å². The molecule has 0 saturated heterocycles. The van der Waals surface area contributed by atoms with Crippen molar-refractivity contribution in [3.8, 4) is 0 Å². The van der Waals surface area contributed by atoms with Crippen molar-refractivity contribution < 1.29 is 13.2 Å². The van der Waals surface area contributed by atoms with Crippen molar-refractivity contribution in [1.82, 2.24) is 5.32 Å². The molecule has 112 valence electrons. The molecule has 0 aliphatic rings. The maximum atomic E-state index is 12.0. The van der Waals surface area contributed by atoms with Crippen LogP contribution in [-0.2, 0) is 9.05 Å². The molecule has 20 heavy (non-hydrogen) atoms. The zero-order chi connectivity index (χ0) is 15.5. The lowest BCUT2D eigenvalue weighted by Gasteiger charge is -2.10. The van der Waals surface area contributed by atoms with Crippen LogP contribution in [0.5, 0.6) is 0 Å². The van der Waals surface area contributed by atoms with E-state index < -0.39 is 15.0 Å². The van der Waals surface area contributed by atoms with Gasteiger partial charge >= 0.3 is 0 Å². The number of hydrogen-bond acceptors (Lipinski definition) is 3. The largest absolute Gasteiger partial charge is 0.352 e. The zero-order valence-electron chi connectivity index (χ0n) is 10.9. The van der Waals surface area contributed by atoms with Gasteiger partial charge in [-0.15, -0.1) is 0 Å². The molecule has 1 aromatic carbocycles. The summed E-state index contributed by atoms with van der Waals surface area (Å²) in [6.07, 6.45) is 0.796. The number of rotatable bonds is 5. The first-order chi connectivity index (χ1) is 9.12. The molecule has 0 fully saturated rings. The first kappa shape index (κ1) is 17.6. The summed E-state index contributed by atoms with van der Waals surface area (Å²) >= 11 is 11.7. The Kier molecular flexibility index (Phi) is 6.13. The van der Waals surface area contributed by atoms with Crippen molar-refractivity contribution in [2.24, 2.45) is 5.92 Å². The second-order valence-corrected chi connectivity index (χ2v) is 7.99. The van der Waals surface area contributed by atoms with Gasteiger partial charge in [-0.25, -0.2) is 8.42 Å². The van der Waals surface area contributed by atoms with E-state index in [9.17, 15) is 13.2 Å². The molecule has 1 N–H and O–H groups in total. The van der Waals surface area contributed by atoms with Crippen molar-refractivity contribution in [3.05, 3.63) is 27.7 Å². The molecule has 0 spiro atoms. The number of carbonyl (C=O) groups excluding carboxylic acids is 1. The monoisotopic (exact) mass is 357 g/mol. The van der Waals surface area contributed by atoms with Gasteiger partial charge in [-0.2, -0.15) is 0 Å². The Morgan fingerprint density at radius 2 is 1.90 bits per heavy atom. The molecule has 0 saturated carbocycles. The Bertz CT molecular complexity index is 615. The van der Waals surface area contributed by atoms with Crippen LogP contribution < -0.4 is 5.32 Å². The Morgan fingerprint density at radius 3 is 2.40 bits per heavy atom. The summed E-state index contributed by atoms with van der Waals surface area (Å²) < 4.78 is 22.6. The third-order valence-corrected chi connectivity index (χ3v) is 4.67. The van der Waals surface area contributed by atoms with Crippen LogP contribution in [0.15, 0.2) is 17.0 Å². The summed E-state index contributed by atoms with van der Waals surface area (Å²) in [6, 6.07) is 2.22. The first-order valence-electron chi connectivity index (χ1n) is 5.85. The van der Waals surface area contributed by atoms with Crippen molar-refractivity contribution >= 4 is 48.8 Å². The van der Waals surface area contributed by atoms with E-state index in [4.69, 9.17) is 33.9 Å². The maximum absolute atomic E-state index is 12.0. The molecule has 8 heteroatoms. The molecule has 4 nitrogen and oxygen atoms in total. The van der Waals surface area contributed by atoms with Crippen LogP contribution in [0.3, 0.4) is 0 Å². The van der Waals surface area contributed by atoms with Crippen LogP contribution in [0.4, 0.5) is 0 Å². The van der Waals surface area contributed by atoms with Crippen LogP contribution in [0, 0.1) is 5.92 Å². The van der Waals surface area contributed by atoms with Gasteiger partial charge in [-0.05, 0) is 24.5 Å². The number of halogens is 3. The lowest BCUT2D eigenvalue weighted by molar-refractivity contribution is 0.0952. The summed E-state index contributed by atoms with van der Waals surface area (Å²) in [5.74, 6) is -0.0522. The van der Waals surface area contributed by atoms with E-state index in [2.05, 4.69) is 5.32 Å². The third kappa shape index (κ3) is 4.81. The minimum atomic E-state index is -3.98.